The molecule has 1 aromatic rings. The van der Waals surface area contributed by atoms with E-state index in [1.54, 1.807) is 0 Å². The van der Waals surface area contributed by atoms with Crippen LogP contribution in [0.1, 0.15) is 26.7 Å². The smallest absolute Gasteiger partial charge is 0.127 e. The Morgan fingerprint density at radius 1 is 1.47 bits per heavy atom. The van der Waals surface area contributed by atoms with E-state index in [-0.39, 0.29) is 0 Å². The highest BCUT2D eigenvalue weighted by molar-refractivity contribution is 5.52. The normalized spacial score (nSPS) is 24.4. The van der Waals surface area contributed by atoms with Crippen molar-refractivity contribution in [2.24, 2.45) is 5.92 Å². The molecule has 0 bridgehead atoms. The zero-order valence-electron chi connectivity index (χ0n) is 9.46. The third-order valence-electron chi connectivity index (χ3n) is 2.86. The van der Waals surface area contributed by atoms with Gasteiger partial charge in [0, 0.05) is 30.5 Å². The molecule has 1 aliphatic rings. The minimum absolute atomic E-state index is 0.664. The summed E-state index contributed by atoms with van der Waals surface area (Å²) in [4.78, 5) is 4.24. The summed E-state index contributed by atoms with van der Waals surface area (Å²) in [5.41, 5.74) is 1.18. The number of hydrogen-bond acceptors (Lipinski definition) is 3. The molecule has 3 heteroatoms. The van der Waals surface area contributed by atoms with Gasteiger partial charge in [0.25, 0.3) is 0 Å². The van der Waals surface area contributed by atoms with Crippen molar-refractivity contribution in [2.75, 3.05) is 17.2 Å². The van der Waals surface area contributed by atoms with Crippen LogP contribution in [-0.2, 0) is 0 Å². The van der Waals surface area contributed by atoms with Gasteiger partial charge in [-0.05, 0) is 31.7 Å². The van der Waals surface area contributed by atoms with Crippen LogP contribution in [-0.4, -0.2) is 17.6 Å². The highest BCUT2D eigenvalue weighted by Crippen LogP contribution is 2.29. The van der Waals surface area contributed by atoms with Crippen LogP contribution in [0.5, 0.6) is 0 Å². The second-order valence-corrected chi connectivity index (χ2v) is 4.38. The first-order valence-corrected chi connectivity index (χ1v) is 5.74. The molecule has 0 unspecified atom stereocenters. The fourth-order valence-electron chi connectivity index (χ4n) is 2.05. The number of hydrogen-bond donors (Lipinski definition) is 2. The molecule has 2 N–H and O–H groups in total. The molecule has 1 fully saturated rings. The van der Waals surface area contributed by atoms with E-state index in [1.165, 1.54) is 18.5 Å². The Morgan fingerprint density at radius 2 is 2.27 bits per heavy atom. The second-order valence-electron chi connectivity index (χ2n) is 4.38. The van der Waals surface area contributed by atoms with Gasteiger partial charge in [-0.15, -0.1) is 0 Å². The maximum Gasteiger partial charge on any atom is 0.127 e. The summed E-state index contributed by atoms with van der Waals surface area (Å²) in [5, 5.41) is 6.74. The predicted octanol–water partition coefficient (Wildman–Crippen LogP) is 2.72. The third kappa shape index (κ3) is 2.61. The lowest BCUT2D eigenvalue weighted by Crippen LogP contribution is -2.33. The minimum atomic E-state index is 0.664. The Bertz CT molecular complexity index is 318. The predicted molar refractivity (Wildman–Crippen MR) is 64.2 cm³/mol. The van der Waals surface area contributed by atoms with Crippen LogP contribution in [0.4, 0.5) is 11.5 Å². The van der Waals surface area contributed by atoms with Crippen LogP contribution in [0.25, 0.3) is 0 Å². The van der Waals surface area contributed by atoms with Gasteiger partial charge in [0.15, 0.2) is 0 Å². The van der Waals surface area contributed by atoms with Crippen molar-refractivity contribution in [2.45, 2.75) is 32.7 Å². The van der Waals surface area contributed by atoms with Gasteiger partial charge in [-0.1, -0.05) is 6.92 Å². The van der Waals surface area contributed by atoms with Crippen LogP contribution in [0.3, 0.4) is 0 Å². The van der Waals surface area contributed by atoms with Crippen LogP contribution in [0.15, 0.2) is 18.3 Å². The Kier molecular flexibility index (Phi) is 3.09. The van der Waals surface area contributed by atoms with E-state index in [9.17, 15) is 0 Å². The number of pyridine rings is 1. The molecule has 1 aliphatic carbocycles. The monoisotopic (exact) mass is 205 g/mol. The maximum atomic E-state index is 4.24. The summed E-state index contributed by atoms with van der Waals surface area (Å²) in [7, 11) is 0. The van der Waals surface area contributed by atoms with Crippen molar-refractivity contribution in [1.29, 1.82) is 0 Å². The Balaban J connectivity index is 1.93. The molecule has 15 heavy (non-hydrogen) atoms. The minimum Gasteiger partial charge on any atom is -0.382 e. The first-order chi connectivity index (χ1) is 7.28. The molecular formula is C12H19N3. The highest BCUT2D eigenvalue weighted by atomic mass is 15.0. The van der Waals surface area contributed by atoms with Crippen molar-refractivity contribution in [3.8, 4) is 0 Å². The molecule has 1 aromatic heterocycles. The fraction of sp³-hybridized carbons (Fsp3) is 0.583. The zero-order valence-corrected chi connectivity index (χ0v) is 9.46. The Morgan fingerprint density at radius 3 is 2.93 bits per heavy atom. The average Bonchev–Trinajstić information content (AvgIpc) is 2.17. The summed E-state index contributed by atoms with van der Waals surface area (Å²) >= 11 is 0. The molecule has 3 nitrogen and oxygen atoms in total. The standard InChI is InChI=1S/C12H19N3/c1-3-13-12-8-10(4-5-14-12)15-11-6-9(2)7-11/h4-5,8-9,11H,3,6-7H2,1-2H3,(H2,13,14,15). The van der Waals surface area contributed by atoms with Gasteiger partial charge in [0.2, 0.25) is 0 Å². The molecule has 0 atom stereocenters. The lowest BCUT2D eigenvalue weighted by atomic mass is 9.82. The van der Waals surface area contributed by atoms with E-state index in [0.717, 1.165) is 18.3 Å². The summed E-state index contributed by atoms with van der Waals surface area (Å²) in [6, 6.07) is 4.77. The lowest BCUT2D eigenvalue weighted by Gasteiger charge is -2.34. The number of aromatic nitrogens is 1. The zero-order chi connectivity index (χ0) is 10.7. The van der Waals surface area contributed by atoms with Gasteiger partial charge in [0.05, 0.1) is 0 Å². The van der Waals surface area contributed by atoms with Gasteiger partial charge >= 0.3 is 0 Å². The first kappa shape index (κ1) is 10.3. The second kappa shape index (κ2) is 4.51. The molecule has 0 aromatic carbocycles. The number of anilines is 2. The van der Waals surface area contributed by atoms with Crippen molar-refractivity contribution in [1.82, 2.24) is 4.98 Å². The molecule has 82 valence electrons. The number of nitrogens with one attached hydrogen (secondary N) is 2. The van der Waals surface area contributed by atoms with Gasteiger partial charge in [-0.3, -0.25) is 0 Å². The number of rotatable bonds is 4. The fourth-order valence-corrected chi connectivity index (χ4v) is 2.05. The Hall–Kier alpha value is -1.25. The van der Waals surface area contributed by atoms with Crippen LogP contribution in [0, 0.1) is 5.92 Å². The van der Waals surface area contributed by atoms with Crippen molar-refractivity contribution in [3.63, 3.8) is 0 Å². The van der Waals surface area contributed by atoms with E-state index < -0.39 is 0 Å². The summed E-state index contributed by atoms with van der Waals surface area (Å²) in [6.07, 6.45) is 4.43. The maximum absolute atomic E-state index is 4.24. The van der Waals surface area contributed by atoms with E-state index in [4.69, 9.17) is 0 Å². The molecule has 1 saturated carbocycles. The van der Waals surface area contributed by atoms with Gasteiger partial charge in [-0.2, -0.15) is 0 Å². The Labute approximate surface area is 91.3 Å². The average molecular weight is 205 g/mol. The van der Waals surface area contributed by atoms with Gasteiger partial charge in [0.1, 0.15) is 5.82 Å². The van der Waals surface area contributed by atoms with Crippen LogP contribution < -0.4 is 10.6 Å². The van der Waals surface area contributed by atoms with Crippen molar-refractivity contribution < 1.29 is 0 Å². The largest absolute Gasteiger partial charge is 0.382 e. The summed E-state index contributed by atoms with van der Waals surface area (Å²) < 4.78 is 0. The lowest BCUT2D eigenvalue weighted by molar-refractivity contribution is 0.309. The SMILES string of the molecule is CCNc1cc(NC2CC(C)C2)ccn1. The molecule has 0 radical (unpaired) electrons. The molecule has 2 rings (SSSR count). The third-order valence-corrected chi connectivity index (χ3v) is 2.86. The van der Waals surface area contributed by atoms with E-state index in [0.29, 0.717) is 6.04 Å². The summed E-state index contributed by atoms with van der Waals surface area (Å²) in [5.74, 6) is 1.84. The van der Waals surface area contributed by atoms with Crippen molar-refractivity contribution in [3.05, 3.63) is 18.3 Å². The van der Waals surface area contributed by atoms with E-state index >= 15 is 0 Å². The van der Waals surface area contributed by atoms with E-state index in [2.05, 4.69) is 35.5 Å². The number of nitrogens with zero attached hydrogens (tertiary/aromatic N) is 1. The molecule has 1 heterocycles. The van der Waals surface area contributed by atoms with E-state index in [1.807, 2.05) is 12.3 Å². The first-order valence-electron chi connectivity index (χ1n) is 5.74. The molecule has 0 amide bonds. The van der Waals surface area contributed by atoms with Crippen molar-refractivity contribution >= 4 is 11.5 Å². The van der Waals surface area contributed by atoms with Gasteiger partial charge < -0.3 is 10.6 Å². The highest BCUT2D eigenvalue weighted by Gasteiger charge is 2.24. The summed E-state index contributed by atoms with van der Waals surface area (Å²) in [6.45, 7) is 5.29. The quantitative estimate of drug-likeness (QED) is 0.793. The topological polar surface area (TPSA) is 37.0 Å². The van der Waals surface area contributed by atoms with Crippen LogP contribution >= 0.6 is 0 Å². The van der Waals surface area contributed by atoms with Crippen LogP contribution in [0.2, 0.25) is 0 Å². The van der Waals surface area contributed by atoms with Gasteiger partial charge in [-0.25, -0.2) is 4.98 Å². The molecule has 0 spiro atoms. The molecule has 0 aliphatic heterocycles. The molecule has 0 saturated heterocycles. The molecular weight excluding hydrogens is 186 g/mol.